The average Bonchev–Trinajstić information content (AvgIpc) is 2.77. The van der Waals surface area contributed by atoms with Gasteiger partial charge in [0.2, 0.25) is 0 Å². The Morgan fingerprint density at radius 2 is 2.06 bits per heavy atom. The summed E-state index contributed by atoms with van der Waals surface area (Å²) in [6, 6.07) is -0.214. The van der Waals surface area contributed by atoms with Crippen molar-refractivity contribution in [2.75, 3.05) is 13.1 Å². The number of hydrogen-bond donors (Lipinski definition) is 3. The van der Waals surface area contributed by atoms with Gasteiger partial charge in [0.15, 0.2) is 0 Å². The lowest BCUT2D eigenvalue weighted by Gasteiger charge is -2.07. The molecule has 1 rings (SSSR count). The van der Waals surface area contributed by atoms with Gasteiger partial charge in [0, 0.05) is 19.5 Å². The molecule has 96 valence electrons. The van der Waals surface area contributed by atoms with Crippen LogP contribution >= 0.6 is 0 Å². The summed E-state index contributed by atoms with van der Waals surface area (Å²) in [5, 5.41) is 13.8. The number of aliphatic carboxylic acids is 1. The Morgan fingerprint density at radius 3 is 2.71 bits per heavy atom. The minimum atomic E-state index is -0.833. The van der Waals surface area contributed by atoms with Gasteiger partial charge in [0.05, 0.1) is 0 Å². The fraction of sp³-hybridized carbons (Fsp3) is 0.667. The summed E-state index contributed by atoms with van der Waals surface area (Å²) < 4.78 is 0. The van der Waals surface area contributed by atoms with E-state index in [0.717, 1.165) is 19.3 Å². The molecule has 0 heterocycles. The van der Waals surface area contributed by atoms with Crippen LogP contribution in [0.1, 0.15) is 38.5 Å². The van der Waals surface area contributed by atoms with E-state index < -0.39 is 5.97 Å². The van der Waals surface area contributed by atoms with E-state index in [1.54, 1.807) is 0 Å². The lowest BCUT2D eigenvalue weighted by molar-refractivity contribution is -0.137. The van der Waals surface area contributed by atoms with Gasteiger partial charge in [-0.3, -0.25) is 4.79 Å². The first-order valence-corrected chi connectivity index (χ1v) is 6.10. The van der Waals surface area contributed by atoms with Crippen LogP contribution in [-0.4, -0.2) is 30.2 Å². The average molecular weight is 240 g/mol. The molecule has 5 nitrogen and oxygen atoms in total. The number of nitrogens with one attached hydrogen (secondary N) is 2. The van der Waals surface area contributed by atoms with Crippen LogP contribution in [0.3, 0.4) is 0 Å². The maximum Gasteiger partial charge on any atom is 0.314 e. The lowest BCUT2D eigenvalue weighted by Crippen LogP contribution is -2.36. The van der Waals surface area contributed by atoms with Crippen LogP contribution in [0.15, 0.2) is 11.6 Å². The van der Waals surface area contributed by atoms with Gasteiger partial charge in [0.25, 0.3) is 0 Å². The molecule has 5 heteroatoms. The van der Waals surface area contributed by atoms with Crippen LogP contribution in [0.25, 0.3) is 0 Å². The third kappa shape index (κ3) is 6.60. The van der Waals surface area contributed by atoms with E-state index in [0.29, 0.717) is 19.5 Å². The standard InChI is InChI=1S/C12H20N2O3/c15-11(16)6-3-8-13-12(17)14-9-7-10-4-1-2-5-10/h4H,1-3,5-9H2,(H,15,16)(H2,13,14,17). The largest absolute Gasteiger partial charge is 0.481 e. The molecule has 0 saturated carbocycles. The van der Waals surface area contributed by atoms with Crippen LogP contribution in [0.4, 0.5) is 4.79 Å². The molecule has 0 fully saturated rings. The summed E-state index contributed by atoms with van der Waals surface area (Å²) in [4.78, 5) is 21.5. The van der Waals surface area contributed by atoms with E-state index in [-0.39, 0.29) is 12.5 Å². The summed E-state index contributed by atoms with van der Waals surface area (Å²) in [7, 11) is 0. The first-order chi connectivity index (χ1) is 8.18. The molecular weight excluding hydrogens is 220 g/mol. The summed E-state index contributed by atoms with van der Waals surface area (Å²) in [5.41, 5.74) is 1.43. The smallest absolute Gasteiger partial charge is 0.314 e. The SMILES string of the molecule is O=C(O)CCCNC(=O)NCCC1=CCCC1. The monoisotopic (exact) mass is 240 g/mol. The number of carboxylic acids is 1. The molecule has 1 aliphatic rings. The van der Waals surface area contributed by atoms with Crippen LogP contribution in [0, 0.1) is 0 Å². The van der Waals surface area contributed by atoms with Gasteiger partial charge in [-0.05, 0) is 32.1 Å². The predicted octanol–water partition coefficient (Wildman–Crippen LogP) is 1.65. The lowest BCUT2D eigenvalue weighted by atomic mass is 10.2. The predicted molar refractivity (Wildman–Crippen MR) is 64.8 cm³/mol. The first-order valence-electron chi connectivity index (χ1n) is 6.10. The van der Waals surface area contributed by atoms with Crippen molar-refractivity contribution in [2.24, 2.45) is 0 Å². The molecule has 2 amide bonds. The normalized spacial score (nSPS) is 14.2. The fourth-order valence-electron chi connectivity index (χ4n) is 1.81. The van der Waals surface area contributed by atoms with Crippen LogP contribution in [-0.2, 0) is 4.79 Å². The zero-order valence-corrected chi connectivity index (χ0v) is 10.00. The number of urea groups is 1. The summed E-state index contributed by atoms with van der Waals surface area (Å²) in [6.45, 7) is 1.05. The molecule has 1 aliphatic carbocycles. The number of amides is 2. The summed E-state index contributed by atoms with van der Waals surface area (Å²) in [5.74, 6) is -0.833. The van der Waals surface area contributed by atoms with Gasteiger partial charge in [-0.25, -0.2) is 4.79 Å². The highest BCUT2D eigenvalue weighted by Gasteiger charge is 2.05. The minimum Gasteiger partial charge on any atom is -0.481 e. The Hall–Kier alpha value is -1.52. The van der Waals surface area contributed by atoms with Crippen LogP contribution < -0.4 is 10.6 Å². The Kier molecular flexibility index (Phi) is 6.14. The minimum absolute atomic E-state index is 0.0904. The van der Waals surface area contributed by atoms with Crippen molar-refractivity contribution < 1.29 is 14.7 Å². The van der Waals surface area contributed by atoms with E-state index in [1.807, 2.05) is 0 Å². The Balaban J connectivity index is 1.95. The first kappa shape index (κ1) is 13.5. The Morgan fingerprint density at radius 1 is 1.29 bits per heavy atom. The molecule has 0 atom stereocenters. The van der Waals surface area contributed by atoms with Gasteiger partial charge >= 0.3 is 12.0 Å². The van der Waals surface area contributed by atoms with E-state index in [1.165, 1.54) is 12.0 Å². The Labute approximate surface area is 101 Å². The number of carboxylic acid groups (broad SMARTS) is 1. The number of rotatable bonds is 7. The third-order valence-corrected chi connectivity index (χ3v) is 2.72. The molecule has 0 unspecified atom stereocenters. The molecule has 0 bridgehead atoms. The quantitative estimate of drug-likeness (QED) is 0.467. The molecule has 0 aromatic rings. The van der Waals surface area contributed by atoms with Crippen molar-refractivity contribution in [1.82, 2.24) is 10.6 Å². The van der Waals surface area contributed by atoms with Crippen molar-refractivity contribution in [2.45, 2.75) is 38.5 Å². The summed E-state index contributed by atoms with van der Waals surface area (Å²) >= 11 is 0. The maximum absolute atomic E-state index is 11.3. The van der Waals surface area contributed by atoms with E-state index in [2.05, 4.69) is 16.7 Å². The van der Waals surface area contributed by atoms with Gasteiger partial charge < -0.3 is 15.7 Å². The second-order valence-corrected chi connectivity index (χ2v) is 4.18. The number of allylic oxidation sites excluding steroid dienone is 1. The van der Waals surface area contributed by atoms with Gasteiger partial charge in [-0.2, -0.15) is 0 Å². The highest BCUT2D eigenvalue weighted by atomic mass is 16.4. The van der Waals surface area contributed by atoms with Crippen molar-refractivity contribution in [3.63, 3.8) is 0 Å². The van der Waals surface area contributed by atoms with Gasteiger partial charge in [-0.1, -0.05) is 11.6 Å². The van der Waals surface area contributed by atoms with Crippen molar-refractivity contribution in [1.29, 1.82) is 0 Å². The van der Waals surface area contributed by atoms with E-state index >= 15 is 0 Å². The Bertz CT molecular complexity index is 300. The highest BCUT2D eigenvalue weighted by molar-refractivity contribution is 5.73. The summed E-state index contributed by atoms with van der Waals surface area (Å²) in [6.07, 6.45) is 7.27. The van der Waals surface area contributed by atoms with E-state index in [4.69, 9.17) is 5.11 Å². The molecule has 0 spiro atoms. The van der Waals surface area contributed by atoms with Gasteiger partial charge in [0.1, 0.15) is 0 Å². The maximum atomic E-state index is 11.3. The second kappa shape index (κ2) is 7.70. The van der Waals surface area contributed by atoms with Crippen molar-refractivity contribution in [3.8, 4) is 0 Å². The third-order valence-electron chi connectivity index (χ3n) is 2.72. The molecule has 0 radical (unpaired) electrons. The number of carbonyl (C=O) groups is 2. The fourth-order valence-corrected chi connectivity index (χ4v) is 1.81. The van der Waals surface area contributed by atoms with Crippen LogP contribution in [0.2, 0.25) is 0 Å². The van der Waals surface area contributed by atoms with Crippen LogP contribution in [0.5, 0.6) is 0 Å². The number of hydrogen-bond acceptors (Lipinski definition) is 2. The molecule has 17 heavy (non-hydrogen) atoms. The van der Waals surface area contributed by atoms with Crippen molar-refractivity contribution >= 4 is 12.0 Å². The molecule has 0 saturated heterocycles. The zero-order valence-electron chi connectivity index (χ0n) is 10.00. The topological polar surface area (TPSA) is 78.4 Å². The number of carbonyl (C=O) groups excluding carboxylic acids is 1. The molecular formula is C12H20N2O3. The molecule has 0 aromatic carbocycles. The van der Waals surface area contributed by atoms with Gasteiger partial charge in [-0.15, -0.1) is 0 Å². The van der Waals surface area contributed by atoms with E-state index in [9.17, 15) is 9.59 Å². The molecule has 0 aliphatic heterocycles. The second-order valence-electron chi connectivity index (χ2n) is 4.18. The zero-order chi connectivity index (χ0) is 12.5. The molecule has 3 N–H and O–H groups in total. The highest BCUT2D eigenvalue weighted by Crippen LogP contribution is 2.19. The van der Waals surface area contributed by atoms with Crippen molar-refractivity contribution in [3.05, 3.63) is 11.6 Å². The molecule has 0 aromatic heterocycles.